The van der Waals surface area contributed by atoms with Crippen molar-refractivity contribution in [3.8, 4) is 0 Å². The topological polar surface area (TPSA) is 89.3 Å². The molecule has 4 aromatic rings. The van der Waals surface area contributed by atoms with E-state index in [2.05, 4.69) is 25.3 Å². The summed E-state index contributed by atoms with van der Waals surface area (Å²) in [6.07, 6.45) is 4.77. The lowest BCUT2D eigenvalue weighted by molar-refractivity contribution is 0.652. The minimum absolute atomic E-state index is 0.155. The summed E-state index contributed by atoms with van der Waals surface area (Å²) in [5, 5.41) is 11.7. The third-order valence-electron chi connectivity index (χ3n) is 3.96. The maximum absolute atomic E-state index is 12.3. The summed E-state index contributed by atoms with van der Waals surface area (Å²) in [4.78, 5) is 20.7. The van der Waals surface area contributed by atoms with E-state index in [9.17, 15) is 4.79 Å². The number of aromatic amines is 1. The van der Waals surface area contributed by atoms with Crippen LogP contribution in [-0.4, -0.2) is 29.9 Å². The van der Waals surface area contributed by atoms with Crippen molar-refractivity contribution in [1.29, 1.82) is 0 Å². The van der Waals surface area contributed by atoms with Crippen molar-refractivity contribution in [3.05, 3.63) is 82.3 Å². The van der Waals surface area contributed by atoms with E-state index >= 15 is 0 Å². The molecule has 7 nitrogen and oxygen atoms in total. The summed E-state index contributed by atoms with van der Waals surface area (Å²) in [5.41, 5.74) is 3.05. The number of aromatic nitrogens is 6. The van der Waals surface area contributed by atoms with Crippen LogP contribution in [0.4, 0.5) is 0 Å². The zero-order valence-corrected chi connectivity index (χ0v) is 13.5. The van der Waals surface area contributed by atoms with Crippen LogP contribution in [0.1, 0.15) is 17.1 Å². The first kappa shape index (κ1) is 15.2. The molecule has 0 saturated carbocycles. The first-order valence-electron chi connectivity index (χ1n) is 8.04. The molecule has 0 bridgehead atoms. The van der Waals surface area contributed by atoms with E-state index in [0.29, 0.717) is 30.4 Å². The summed E-state index contributed by atoms with van der Waals surface area (Å²) in [7, 11) is 0. The lowest BCUT2D eigenvalue weighted by Crippen LogP contribution is -2.22. The van der Waals surface area contributed by atoms with Gasteiger partial charge in [0.15, 0.2) is 0 Å². The molecule has 7 heteroatoms. The fourth-order valence-electron chi connectivity index (χ4n) is 2.70. The quantitative estimate of drug-likeness (QED) is 0.601. The van der Waals surface area contributed by atoms with Crippen molar-refractivity contribution in [1.82, 2.24) is 29.9 Å². The second-order valence-electron chi connectivity index (χ2n) is 5.72. The standard InChI is InChI=1S/C18H16N6O/c25-17-11-15-18(23-24(17)12-13-5-2-1-3-6-13)14(21-22-15)7-8-16-19-9-4-10-20-16/h1-6,9-11,22H,7-8,12H2. The Kier molecular flexibility index (Phi) is 4.04. The third-order valence-corrected chi connectivity index (χ3v) is 3.96. The van der Waals surface area contributed by atoms with Gasteiger partial charge in [-0.3, -0.25) is 9.89 Å². The molecule has 0 radical (unpaired) electrons. The molecule has 0 aliphatic rings. The Morgan fingerprint density at radius 1 is 1.00 bits per heavy atom. The largest absolute Gasteiger partial charge is 0.276 e. The maximum Gasteiger partial charge on any atom is 0.269 e. The van der Waals surface area contributed by atoms with Gasteiger partial charge in [-0.2, -0.15) is 10.2 Å². The van der Waals surface area contributed by atoms with Gasteiger partial charge in [0, 0.05) is 31.3 Å². The third kappa shape index (κ3) is 3.30. The Morgan fingerprint density at radius 3 is 2.60 bits per heavy atom. The molecule has 0 amide bonds. The number of hydrogen-bond donors (Lipinski definition) is 1. The molecule has 124 valence electrons. The van der Waals surface area contributed by atoms with Crippen LogP contribution in [0.15, 0.2) is 59.7 Å². The molecule has 0 aliphatic heterocycles. The summed E-state index contributed by atoms with van der Waals surface area (Å²) in [5.74, 6) is 0.760. The van der Waals surface area contributed by atoms with E-state index < -0.39 is 0 Å². The fraction of sp³-hybridized carbons (Fsp3) is 0.167. The highest BCUT2D eigenvalue weighted by atomic mass is 16.1. The summed E-state index contributed by atoms with van der Waals surface area (Å²) < 4.78 is 1.47. The van der Waals surface area contributed by atoms with Crippen LogP contribution in [0.25, 0.3) is 11.0 Å². The second-order valence-corrected chi connectivity index (χ2v) is 5.72. The molecule has 0 unspecified atom stereocenters. The smallest absolute Gasteiger partial charge is 0.269 e. The number of fused-ring (bicyclic) bond motifs is 1. The van der Waals surface area contributed by atoms with Gasteiger partial charge in [-0.15, -0.1) is 0 Å². The lowest BCUT2D eigenvalue weighted by Gasteiger charge is -2.05. The second kappa shape index (κ2) is 6.64. The minimum atomic E-state index is -0.155. The molecule has 3 heterocycles. The van der Waals surface area contributed by atoms with Crippen molar-refractivity contribution in [2.45, 2.75) is 19.4 Å². The Morgan fingerprint density at radius 2 is 1.80 bits per heavy atom. The predicted octanol–water partition coefficient (Wildman–Crippen LogP) is 1.74. The monoisotopic (exact) mass is 332 g/mol. The molecule has 0 saturated heterocycles. The molecule has 0 aliphatic carbocycles. The van der Waals surface area contributed by atoms with Crippen LogP contribution in [0, 0.1) is 0 Å². The van der Waals surface area contributed by atoms with Gasteiger partial charge in [-0.1, -0.05) is 30.3 Å². The van der Waals surface area contributed by atoms with Crippen molar-refractivity contribution >= 4 is 11.0 Å². The van der Waals surface area contributed by atoms with E-state index in [1.807, 2.05) is 30.3 Å². The molecular weight excluding hydrogens is 316 g/mol. The van der Waals surface area contributed by atoms with Crippen molar-refractivity contribution < 1.29 is 0 Å². The maximum atomic E-state index is 12.3. The van der Waals surface area contributed by atoms with Crippen molar-refractivity contribution in [2.24, 2.45) is 0 Å². The SMILES string of the molecule is O=c1cc2[nH]nc(CCc3ncccn3)c2nn1Cc1ccccc1. The van der Waals surface area contributed by atoms with Crippen LogP contribution < -0.4 is 5.56 Å². The Hall–Kier alpha value is -3.35. The van der Waals surface area contributed by atoms with Gasteiger partial charge >= 0.3 is 0 Å². The van der Waals surface area contributed by atoms with Gasteiger partial charge in [0.2, 0.25) is 0 Å². The summed E-state index contributed by atoms with van der Waals surface area (Å²) in [6, 6.07) is 13.1. The fourth-order valence-corrected chi connectivity index (χ4v) is 2.70. The Balaban J connectivity index is 1.63. The number of hydrogen-bond acceptors (Lipinski definition) is 5. The van der Waals surface area contributed by atoms with Crippen molar-refractivity contribution in [2.75, 3.05) is 0 Å². The van der Waals surface area contributed by atoms with Crippen LogP contribution in [0.5, 0.6) is 0 Å². The van der Waals surface area contributed by atoms with E-state index in [1.54, 1.807) is 24.5 Å². The van der Waals surface area contributed by atoms with E-state index in [0.717, 1.165) is 17.1 Å². The molecule has 0 spiro atoms. The first-order valence-corrected chi connectivity index (χ1v) is 8.04. The zero-order chi connectivity index (χ0) is 17.1. The highest BCUT2D eigenvalue weighted by molar-refractivity contribution is 5.75. The highest BCUT2D eigenvalue weighted by Crippen LogP contribution is 2.13. The average Bonchev–Trinajstić information content (AvgIpc) is 3.04. The van der Waals surface area contributed by atoms with Gasteiger partial charge in [0.25, 0.3) is 5.56 Å². The molecule has 1 N–H and O–H groups in total. The molecule has 3 aromatic heterocycles. The first-order chi connectivity index (χ1) is 12.3. The predicted molar refractivity (Wildman–Crippen MR) is 93.1 cm³/mol. The number of H-pyrrole nitrogens is 1. The number of rotatable bonds is 5. The average molecular weight is 332 g/mol. The number of aryl methyl sites for hydroxylation is 2. The molecule has 0 atom stereocenters. The van der Waals surface area contributed by atoms with E-state index in [1.165, 1.54) is 4.68 Å². The number of nitrogens with one attached hydrogen (secondary N) is 1. The van der Waals surface area contributed by atoms with Crippen LogP contribution in [0.3, 0.4) is 0 Å². The zero-order valence-electron chi connectivity index (χ0n) is 13.5. The number of benzene rings is 1. The molecule has 0 fully saturated rings. The summed E-state index contributed by atoms with van der Waals surface area (Å²) in [6.45, 7) is 0.433. The van der Waals surface area contributed by atoms with Crippen molar-refractivity contribution in [3.63, 3.8) is 0 Å². The summed E-state index contributed by atoms with van der Waals surface area (Å²) >= 11 is 0. The van der Waals surface area contributed by atoms with Gasteiger partial charge in [0.05, 0.1) is 17.8 Å². The van der Waals surface area contributed by atoms with Crippen LogP contribution in [0.2, 0.25) is 0 Å². The molecule has 1 aromatic carbocycles. The lowest BCUT2D eigenvalue weighted by atomic mass is 10.2. The van der Waals surface area contributed by atoms with Crippen LogP contribution >= 0.6 is 0 Å². The molecule has 25 heavy (non-hydrogen) atoms. The molecular formula is C18H16N6O. The molecule has 4 rings (SSSR count). The van der Waals surface area contributed by atoms with E-state index in [-0.39, 0.29) is 5.56 Å². The minimum Gasteiger partial charge on any atom is -0.276 e. The Bertz CT molecular complexity index is 1040. The Labute approximate surface area is 143 Å². The van der Waals surface area contributed by atoms with Crippen LogP contribution in [-0.2, 0) is 19.4 Å². The highest BCUT2D eigenvalue weighted by Gasteiger charge is 2.11. The normalized spacial score (nSPS) is 11.0. The van der Waals surface area contributed by atoms with Gasteiger partial charge in [-0.25, -0.2) is 14.6 Å². The van der Waals surface area contributed by atoms with E-state index in [4.69, 9.17) is 0 Å². The van der Waals surface area contributed by atoms with Gasteiger partial charge < -0.3 is 0 Å². The number of nitrogens with zero attached hydrogens (tertiary/aromatic N) is 5. The van der Waals surface area contributed by atoms with Gasteiger partial charge in [-0.05, 0) is 11.6 Å². The van der Waals surface area contributed by atoms with Gasteiger partial charge in [0.1, 0.15) is 11.3 Å².